The van der Waals surface area contributed by atoms with Crippen LogP contribution in [0.1, 0.15) is 12.6 Å². The fourth-order valence-corrected chi connectivity index (χ4v) is 1.76. The summed E-state index contributed by atoms with van der Waals surface area (Å²) in [5.74, 6) is 3.14. The first-order valence-corrected chi connectivity index (χ1v) is 5.53. The lowest BCUT2D eigenvalue weighted by Crippen LogP contribution is -2.59. The predicted molar refractivity (Wildman–Crippen MR) is 61.4 cm³/mol. The molecule has 1 unspecified atom stereocenters. The van der Waals surface area contributed by atoms with Crippen LogP contribution < -0.4 is 22.7 Å². The van der Waals surface area contributed by atoms with E-state index in [4.69, 9.17) is 22.0 Å². The number of esters is 1. The van der Waals surface area contributed by atoms with Crippen LogP contribution in [0.15, 0.2) is 5.38 Å². The Labute approximate surface area is 101 Å². The summed E-state index contributed by atoms with van der Waals surface area (Å²) in [4.78, 5) is 27.2. The lowest BCUT2D eigenvalue weighted by atomic mass is 9.96. The summed E-state index contributed by atoms with van der Waals surface area (Å²) >= 11 is 1.05. The number of amides is 1. The number of aromatic nitrogens is 1. The third kappa shape index (κ3) is 2.35. The van der Waals surface area contributed by atoms with E-state index < -0.39 is 17.4 Å². The number of anilines is 1. The molecule has 9 heteroatoms. The molecule has 0 aromatic carbocycles. The van der Waals surface area contributed by atoms with E-state index >= 15 is 0 Å². The number of ether oxygens (including phenoxy) is 1. The number of rotatable bonds is 4. The molecule has 8 nitrogen and oxygen atoms in total. The number of thiazole rings is 1. The van der Waals surface area contributed by atoms with Gasteiger partial charge in [0.2, 0.25) is 5.54 Å². The van der Waals surface area contributed by atoms with Crippen molar-refractivity contribution in [3.63, 3.8) is 0 Å². The summed E-state index contributed by atoms with van der Waals surface area (Å²) < 4.78 is 4.74. The van der Waals surface area contributed by atoms with Crippen LogP contribution in [0.3, 0.4) is 0 Å². The molecule has 1 atom stereocenters. The van der Waals surface area contributed by atoms with Crippen molar-refractivity contribution >= 4 is 28.3 Å². The maximum Gasteiger partial charge on any atom is 0.342 e. The quantitative estimate of drug-likeness (QED) is 0.168. The molecule has 0 spiro atoms. The summed E-state index contributed by atoms with van der Waals surface area (Å²) in [6.45, 7) is 1.67. The summed E-state index contributed by atoms with van der Waals surface area (Å²) in [6.07, 6.45) is 0. The minimum atomic E-state index is -2.08. The number of nitrogens with one attached hydrogen (secondary N) is 1. The second-order valence-corrected chi connectivity index (χ2v) is 3.96. The Morgan fingerprint density at radius 3 is 2.71 bits per heavy atom. The van der Waals surface area contributed by atoms with Crippen LogP contribution in [0.4, 0.5) is 5.13 Å². The molecule has 7 N–H and O–H groups in total. The average Bonchev–Trinajstić information content (AvgIpc) is 2.74. The van der Waals surface area contributed by atoms with Crippen LogP contribution in [-0.4, -0.2) is 23.5 Å². The van der Waals surface area contributed by atoms with Gasteiger partial charge in [0, 0.05) is 5.38 Å². The Hall–Kier alpha value is -1.71. The van der Waals surface area contributed by atoms with Crippen molar-refractivity contribution in [2.75, 3.05) is 12.3 Å². The zero-order valence-electron chi connectivity index (χ0n) is 9.10. The molecule has 0 fully saturated rings. The molecule has 1 rings (SSSR count). The topological polar surface area (TPSA) is 146 Å². The number of carbonyl (C=O) groups excluding carboxylic acids is 2. The van der Waals surface area contributed by atoms with Gasteiger partial charge in [-0.3, -0.25) is 10.2 Å². The smallest absolute Gasteiger partial charge is 0.342 e. The second kappa shape index (κ2) is 5.08. The number of carbonyl (C=O) groups is 2. The maximum atomic E-state index is 11.7. The predicted octanol–water partition coefficient (Wildman–Crippen LogP) is -1.57. The molecule has 1 aromatic heterocycles. The monoisotopic (exact) mass is 259 g/mol. The highest BCUT2D eigenvalue weighted by Crippen LogP contribution is 2.23. The van der Waals surface area contributed by atoms with Gasteiger partial charge in [0.05, 0.1) is 12.3 Å². The molecule has 0 aliphatic heterocycles. The molecule has 0 saturated heterocycles. The first kappa shape index (κ1) is 13.4. The molecule has 0 aliphatic rings. The van der Waals surface area contributed by atoms with Gasteiger partial charge in [-0.25, -0.2) is 15.6 Å². The molecule has 0 aliphatic carbocycles. The minimum absolute atomic E-state index is 0.00130. The molecule has 0 saturated carbocycles. The van der Waals surface area contributed by atoms with E-state index in [0.717, 1.165) is 11.3 Å². The number of nitrogens with zero attached hydrogens (tertiary/aromatic N) is 1. The van der Waals surface area contributed by atoms with Crippen molar-refractivity contribution in [3.8, 4) is 0 Å². The zero-order chi connectivity index (χ0) is 13.1. The Kier molecular flexibility index (Phi) is 3.99. The van der Waals surface area contributed by atoms with Gasteiger partial charge in [0.15, 0.2) is 5.13 Å². The van der Waals surface area contributed by atoms with Gasteiger partial charge in [-0.1, -0.05) is 0 Å². The van der Waals surface area contributed by atoms with E-state index in [2.05, 4.69) is 4.98 Å². The number of nitrogens with two attached hydrogens (primary N) is 3. The summed E-state index contributed by atoms with van der Waals surface area (Å²) in [5, 5.41) is 1.59. The average molecular weight is 259 g/mol. The lowest BCUT2D eigenvalue weighted by Gasteiger charge is -2.22. The molecule has 1 aromatic rings. The molecular formula is C8H13N5O3S. The Balaban J connectivity index is 3.19. The van der Waals surface area contributed by atoms with Gasteiger partial charge < -0.3 is 16.2 Å². The van der Waals surface area contributed by atoms with Gasteiger partial charge in [-0.05, 0) is 6.92 Å². The van der Waals surface area contributed by atoms with Crippen molar-refractivity contribution < 1.29 is 14.3 Å². The molecule has 1 heterocycles. The largest absolute Gasteiger partial charge is 0.464 e. The number of nitrogen functional groups attached to an aromatic ring is 1. The van der Waals surface area contributed by atoms with Crippen LogP contribution in [0.2, 0.25) is 0 Å². The van der Waals surface area contributed by atoms with Gasteiger partial charge in [-0.2, -0.15) is 0 Å². The highest BCUT2D eigenvalue weighted by atomic mass is 32.1. The fraction of sp³-hybridized carbons (Fsp3) is 0.375. The van der Waals surface area contributed by atoms with Crippen molar-refractivity contribution in [1.29, 1.82) is 0 Å². The number of hydrogen-bond donors (Lipinski definition) is 4. The maximum absolute atomic E-state index is 11.7. The molecule has 17 heavy (non-hydrogen) atoms. The second-order valence-electron chi connectivity index (χ2n) is 3.07. The normalized spacial score (nSPS) is 13.8. The van der Waals surface area contributed by atoms with Crippen LogP contribution in [-0.2, 0) is 19.9 Å². The first-order chi connectivity index (χ1) is 7.96. The molecule has 1 amide bonds. The lowest BCUT2D eigenvalue weighted by molar-refractivity contribution is -0.154. The Morgan fingerprint density at radius 1 is 1.65 bits per heavy atom. The van der Waals surface area contributed by atoms with Crippen LogP contribution in [0.5, 0.6) is 0 Å². The highest BCUT2D eigenvalue weighted by Gasteiger charge is 2.47. The van der Waals surface area contributed by atoms with Crippen molar-refractivity contribution in [1.82, 2.24) is 10.4 Å². The van der Waals surface area contributed by atoms with Crippen LogP contribution >= 0.6 is 11.3 Å². The Bertz CT molecular complexity index is 435. The highest BCUT2D eigenvalue weighted by molar-refractivity contribution is 7.13. The molecule has 0 bridgehead atoms. The minimum Gasteiger partial charge on any atom is -0.464 e. The molecular weight excluding hydrogens is 246 g/mol. The van der Waals surface area contributed by atoms with Gasteiger partial charge in [-0.15, -0.1) is 11.3 Å². The van der Waals surface area contributed by atoms with Crippen LogP contribution in [0, 0.1) is 0 Å². The first-order valence-electron chi connectivity index (χ1n) is 4.65. The number of hydrazine groups is 1. The molecule has 0 radical (unpaired) electrons. The third-order valence-corrected chi connectivity index (χ3v) is 2.69. The zero-order valence-corrected chi connectivity index (χ0v) is 9.91. The standard InChI is InChI=1S/C8H13N5O3S/c1-2-16-6(15)8(10,5(14)13-11)4-3-17-7(9)12-4/h3H,2,10-11H2,1H3,(H2,9,12)(H,13,14). The van der Waals surface area contributed by atoms with Crippen molar-refractivity contribution in [2.24, 2.45) is 11.6 Å². The van der Waals surface area contributed by atoms with E-state index in [1.807, 2.05) is 5.43 Å². The van der Waals surface area contributed by atoms with Crippen LogP contribution in [0.25, 0.3) is 0 Å². The van der Waals surface area contributed by atoms with Gasteiger partial charge >= 0.3 is 5.97 Å². The molecule has 94 valence electrons. The van der Waals surface area contributed by atoms with E-state index in [9.17, 15) is 9.59 Å². The summed E-state index contributed by atoms with van der Waals surface area (Å²) in [7, 11) is 0. The van der Waals surface area contributed by atoms with E-state index in [0.29, 0.717) is 0 Å². The van der Waals surface area contributed by atoms with Gasteiger partial charge in [0.1, 0.15) is 0 Å². The summed E-state index contributed by atoms with van der Waals surface area (Å²) in [6, 6.07) is 0. The SMILES string of the molecule is CCOC(=O)C(N)(C(=O)NN)c1csc(N)n1. The van der Waals surface area contributed by atoms with Gasteiger partial charge in [0.25, 0.3) is 5.91 Å². The van der Waals surface area contributed by atoms with Crippen molar-refractivity contribution in [3.05, 3.63) is 11.1 Å². The van der Waals surface area contributed by atoms with E-state index in [1.54, 1.807) is 6.92 Å². The number of hydrogen-bond acceptors (Lipinski definition) is 8. The van der Waals surface area contributed by atoms with E-state index in [1.165, 1.54) is 5.38 Å². The summed E-state index contributed by atoms with van der Waals surface area (Å²) in [5.41, 5.74) is 10.9. The Morgan fingerprint density at radius 2 is 2.29 bits per heavy atom. The fourth-order valence-electron chi connectivity index (χ4n) is 1.14. The third-order valence-electron chi connectivity index (χ3n) is 2.01. The van der Waals surface area contributed by atoms with Crippen molar-refractivity contribution in [2.45, 2.75) is 12.5 Å². The van der Waals surface area contributed by atoms with E-state index in [-0.39, 0.29) is 17.4 Å².